The Kier molecular flexibility index (Phi) is 3.30. The van der Waals surface area contributed by atoms with Gasteiger partial charge >= 0.3 is 5.97 Å². The number of hydrogen-bond donors (Lipinski definition) is 1. The van der Waals surface area contributed by atoms with Crippen molar-refractivity contribution in [2.45, 2.75) is 13.8 Å². The molecule has 0 radical (unpaired) electrons. The number of carbonyl (C=O) groups excluding carboxylic acids is 2. The molecule has 1 rings (SSSR count). The van der Waals surface area contributed by atoms with Gasteiger partial charge in [-0.25, -0.2) is 0 Å². The Bertz CT molecular complexity index is 385. The zero-order chi connectivity index (χ0) is 10.7. The molecule has 0 saturated heterocycles. The van der Waals surface area contributed by atoms with Crippen molar-refractivity contribution in [3.8, 4) is 5.75 Å². The fraction of sp³-hybridized carbons (Fsp3) is 0.200. The van der Waals surface area contributed by atoms with E-state index in [1.54, 1.807) is 18.2 Å². The van der Waals surface area contributed by atoms with Gasteiger partial charge in [0.05, 0.1) is 5.56 Å². The maximum absolute atomic E-state index is 11.0. The number of benzene rings is 1. The van der Waals surface area contributed by atoms with Crippen LogP contribution in [-0.4, -0.2) is 11.1 Å². The van der Waals surface area contributed by atoms with Gasteiger partial charge in [0, 0.05) is 6.92 Å². The summed E-state index contributed by atoms with van der Waals surface area (Å²) < 4.78 is 4.88. The minimum absolute atomic E-state index is 0.262. The molecular formula is C10H10O3S. The van der Waals surface area contributed by atoms with Gasteiger partial charge in [-0.1, -0.05) is 6.07 Å². The molecule has 14 heavy (non-hydrogen) atoms. The standard InChI is InChI=1S/C10H10O3S/c1-6-3-4-8(10(12)14)9(5-6)13-7(2)11/h3-5H,1-2H3,(H,12,14). The number of carbonyl (C=O) groups is 2. The maximum Gasteiger partial charge on any atom is 0.308 e. The minimum atomic E-state index is -0.452. The molecule has 0 heterocycles. The summed E-state index contributed by atoms with van der Waals surface area (Å²) in [5, 5.41) is -0.416. The first-order valence-corrected chi connectivity index (χ1v) is 4.48. The van der Waals surface area contributed by atoms with Crippen LogP contribution in [0, 0.1) is 6.92 Å². The highest BCUT2D eigenvalue weighted by Crippen LogP contribution is 2.21. The maximum atomic E-state index is 11.0. The van der Waals surface area contributed by atoms with Crippen molar-refractivity contribution in [1.29, 1.82) is 0 Å². The average Bonchev–Trinajstić information content (AvgIpc) is 2.01. The number of rotatable bonds is 2. The van der Waals surface area contributed by atoms with Gasteiger partial charge < -0.3 is 4.74 Å². The minimum Gasteiger partial charge on any atom is -0.426 e. The van der Waals surface area contributed by atoms with Crippen LogP contribution < -0.4 is 4.74 Å². The molecule has 3 nitrogen and oxygen atoms in total. The van der Waals surface area contributed by atoms with Crippen LogP contribution >= 0.6 is 12.6 Å². The van der Waals surface area contributed by atoms with Gasteiger partial charge in [0.25, 0.3) is 0 Å². The smallest absolute Gasteiger partial charge is 0.308 e. The van der Waals surface area contributed by atoms with Gasteiger partial charge in [-0.3, -0.25) is 9.59 Å². The van der Waals surface area contributed by atoms with E-state index in [0.717, 1.165) is 5.56 Å². The van der Waals surface area contributed by atoms with Gasteiger partial charge in [-0.2, -0.15) is 0 Å². The largest absolute Gasteiger partial charge is 0.426 e. The van der Waals surface area contributed by atoms with Crippen molar-refractivity contribution in [3.63, 3.8) is 0 Å². The zero-order valence-corrected chi connectivity index (χ0v) is 8.80. The summed E-state index contributed by atoms with van der Waals surface area (Å²) in [6.07, 6.45) is 0. The SMILES string of the molecule is CC(=O)Oc1cc(C)ccc1C(=O)S. The van der Waals surface area contributed by atoms with Crippen molar-refractivity contribution in [1.82, 2.24) is 0 Å². The van der Waals surface area contributed by atoms with Crippen LogP contribution in [0.1, 0.15) is 22.8 Å². The second-order valence-electron chi connectivity index (χ2n) is 2.90. The second kappa shape index (κ2) is 4.28. The molecule has 0 aliphatic rings. The lowest BCUT2D eigenvalue weighted by atomic mass is 10.1. The summed E-state index contributed by atoms with van der Waals surface area (Å²) in [5.41, 5.74) is 1.22. The third-order valence-corrected chi connectivity index (χ3v) is 1.86. The van der Waals surface area contributed by atoms with Crippen molar-refractivity contribution in [2.24, 2.45) is 0 Å². The van der Waals surface area contributed by atoms with Crippen LogP contribution in [-0.2, 0) is 4.79 Å². The molecule has 0 aliphatic carbocycles. The van der Waals surface area contributed by atoms with Crippen LogP contribution in [0.2, 0.25) is 0 Å². The number of aryl methyl sites for hydroxylation is 1. The summed E-state index contributed by atoms with van der Waals surface area (Å²) in [7, 11) is 0. The zero-order valence-electron chi connectivity index (χ0n) is 7.90. The number of hydrogen-bond acceptors (Lipinski definition) is 3. The molecule has 0 spiro atoms. The molecule has 0 unspecified atom stereocenters. The molecule has 0 amide bonds. The van der Waals surface area contributed by atoms with Gasteiger partial charge in [0.2, 0.25) is 5.12 Å². The van der Waals surface area contributed by atoms with Crippen molar-refractivity contribution >= 4 is 23.7 Å². The van der Waals surface area contributed by atoms with E-state index in [2.05, 4.69) is 12.6 Å². The lowest BCUT2D eigenvalue weighted by Crippen LogP contribution is -2.05. The van der Waals surface area contributed by atoms with E-state index in [0.29, 0.717) is 5.56 Å². The van der Waals surface area contributed by atoms with Crippen molar-refractivity contribution in [2.75, 3.05) is 0 Å². The molecule has 0 atom stereocenters. The molecule has 0 aliphatic heterocycles. The molecule has 1 aromatic carbocycles. The van der Waals surface area contributed by atoms with Gasteiger partial charge in [0.1, 0.15) is 5.75 Å². The topological polar surface area (TPSA) is 43.4 Å². The molecule has 0 aromatic heterocycles. The third kappa shape index (κ3) is 2.60. The predicted octanol–water partition coefficient (Wildman–Crippen LogP) is 1.99. The predicted molar refractivity (Wildman–Crippen MR) is 55.8 cm³/mol. The van der Waals surface area contributed by atoms with Crippen LogP contribution in [0.3, 0.4) is 0 Å². The lowest BCUT2D eigenvalue weighted by molar-refractivity contribution is -0.131. The lowest BCUT2D eigenvalue weighted by Gasteiger charge is -2.06. The molecular weight excluding hydrogens is 200 g/mol. The first-order valence-electron chi connectivity index (χ1n) is 4.03. The van der Waals surface area contributed by atoms with E-state index in [9.17, 15) is 9.59 Å². The van der Waals surface area contributed by atoms with Gasteiger partial charge in [0.15, 0.2) is 0 Å². The average molecular weight is 210 g/mol. The van der Waals surface area contributed by atoms with Crippen LogP contribution in [0.15, 0.2) is 18.2 Å². The quantitative estimate of drug-likeness (QED) is 0.461. The normalized spacial score (nSPS) is 9.64. The molecule has 0 bridgehead atoms. The van der Waals surface area contributed by atoms with E-state index in [4.69, 9.17) is 4.74 Å². The summed E-state index contributed by atoms with van der Waals surface area (Å²) >= 11 is 3.68. The van der Waals surface area contributed by atoms with Crippen molar-refractivity contribution < 1.29 is 14.3 Å². The monoisotopic (exact) mass is 210 g/mol. The highest BCUT2D eigenvalue weighted by Gasteiger charge is 2.10. The first kappa shape index (κ1) is 10.8. The van der Waals surface area contributed by atoms with E-state index in [1.165, 1.54) is 6.92 Å². The van der Waals surface area contributed by atoms with E-state index >= 15 is 0 Å². The summed E-state index contributed by atoms with van der Waals surface area (Å²) in [5.74, 6) is -0.191. The second-order valence-corrected chi connectivity index (χ2v) is 3.30. The van der Waals surface area contributed by atoms with E-state index < -0.39 is 11.1 Å². The molecule has 74 valence electrons. The molecule has 0 fully saturated rings. The fourth-order valence-electron chi connectivity index (χ4n) is 1.05. The number of esters is 1. The summed E-state index contributed by atoms with van der Waals surface area (Å²) in [4.78, 5) is 21.8. The first-order chi connectivity index (χ1) is 6.50. The van der Waals surface area contributed by atoms with Crippen LogP contribution in [0.4, 0.5) is 0 Å². The summed E-state index contributed by atoms with van der Waals surface area (Å²) in [6, 6.07) is 4.98. The third-order valence-electron chi connectivity index (χ3n) is 1.62. The number of ether oxygens (including phenoxy) is 1. The van der Waals surface area contributed by atoms with E-state index in [-0.39, 0.29) is 5.75 Å². The molecule has 4 heteroatoms. The highest BCUT2D eigenvalue weighted by molar-refractivity contribution is 7.97. The van der Waals surface area contributed by atoms with Gasteiger partial charge in [-0.15, -0.1) is 12.6 Å². The number of thiol groups is 1. The Morgan fingerprint density at radius 2 is 2.00 bits per heavy atom. The summed E-state index contributed by atoms with van der Waals surface area (Å²) in [6.45, 7) is 3.13. The van der Waals surface area contributed by atoms with Gasteiger partial charge in [-0.05, 0) is 24.6 Å². The Balaban J connectivity index is 3.15. The van der Waals surface area contributed by atoms with Crippen LogP contribution in [0.5, 0.6) is 5.75 Å². The van der Waals surface area contributed by atoms with Crippen molar-refractivity contribution in [3.05, 3.63) is 29.3 Å². The Morgan fingerprint density at radius 3 is 2.50 bits per heavy atom. The fourth-order valence-corrected chi connectivity index (χ4v) is 1.23. The van der Waals surface area contributed by atoms with E-state index in [1.807, 2.05) is 6.92 Å². The molecule has 0 saturated carbocycles. The molecule has 0 N–H and O–H groups in total. The Labute approximate surface area is 87.5 Å². The highest BCUT2D eigenvalue weighted by atomic mass is 32.1. The van der Waals surface area contributed by atoms with Crippen LogP contribution in [0.25, 0.3) is 0 Å². The Hall–Kier alpha value is -1.29. The Morgan fingerprint density at radius 1 is 1.36 bits per heavy atom. The molecule has 1 aromatic rings.